The van der Waals surface area contributed by atoms with E-state index in [2.05, 4.69) is 26.2 Å². The Morgan fingerprint density at radius 3 is 2.88 bits per heavy atom. The summed E-state index contributed by atoms with van der Waals surface area (Å²) in [5, 5.41) is 3.34. The largest absolute Gasteiger partial charge is 0.496 e. The third kappa shape index (κ3) is 3.58. The Labute approximate surface area is 155 Å². The predicted octanol–water partition coefficient (Wildman–Crippen LogP) is 2.40. The van der Waals surface area contributed by atoms with E-state index in [-0.39, 0.29) is 24.4 Å². The molecule has 1 aliphatic rings. The van der Waals surface area contributed by atoms with Gasteiger partial charge in [-0.05, 0) is 34.1 Å². The molecule has 0 bridgehead atoms. The van der Waals surface area contributed by atoms with E-state index in [1.54, 1.807) is 31.5 Å². The zero-order chi connectivity index (χ0) is 16.4. The van der Waals surface area contributed by atoms with Crippen molar-refractivity contribution < 1.29 is 9.53 Å². The summed E-state index contributed by atoms with van der Waals surface area (Å²) in [5.74, 6) is 1.60. The lowest BCUT2D eigenvalue weighted by Gasteiger charge is -2.35. The molecular weight excluding hydrogens is 396 g/mol. The molecule has 3 rings (SSSR count). The Hall–Kier alpha value is -1.57. The van der Waals surface area contributed by atoms with Crippen molar-refractivity contribution in [3.8, 4) is 5.75 Å². The van der Waals surface area contributed by atoms with E-state index >= 15 is 0 Å². The summed E-state index contributed by atoms with van der Waals surface area (Å²) < 4.78 is 7.96. The Bertz CT molecular complexity index is 722. The number of aryl methyl sites for hydroxylation is 1. The summed E-state index contributed by atoms with van der Waals surface area (Å²) in [6.07, 6.45) is 3.66. The highest BCUT2D eigenvalue weighted by Gasteiger charge is 2.31. The second-order valence-corrected chi connectivity index (χ2v) is 6.32. The van der Waals surface area contributed by atoms with Gasteiger partial charge < -0.3 is 19.5 Å². The van der Waals surface area contributed by atoms with Crippen molar-refractivity contribution in [1.29, 1.82) is 0 Å². The first-order valence-electron chi connectivity index (χ1n) is 7.44. The highest BCUT2D eigenvalue weighted by Crippen LogP contribution is 2.28. The third-order valence-electron chi connectivity index (χ3n) is 4.06. The van der Waals surface area contributed by atoms with Gasteiger partial charge in [0.2, 0.25) is 0 Å². The molecule has 1 N–H and O–H groups in total. The minimum absolute atomic E-state index is 0. The van der Waals surface area contributed by atoms with Crippen LogP contribution in [0.5, 0.6) is 5.75 Å². The van der Waals surface area contributed by atoms with Gasteiger partial charge >= 0.3 is 0 Å². The summed E-state index contributed by atoms with van der Waals surface area (Å²) in [7, 11) is 3.55. The molecule has 130 valence electrons. The number of methoxy groups -OCH3 is 1. The summed E-state index contributed by atoms with van der Waals surface area (Å²) in [6.45, 7) is 2.14. The van der Waals surface area contributed by atoms with E-state index in [4.69, 9.17) is 4.74 Å². The second kappa shape index (κ2) is 8.00. The highest BCUT2D eigenvalue weighted by molar-refractivity contribution is 9.10. The molecule has 8 heteroatoms. The zero-order valence-electron chi connectivity index (χ0n) is 13.5. The van der Waals surface area contributed by atoms with Crippen molar-refractivity contribution in [1.82, 2.24) is 19.8 Å². The Morgan fingerprint density at radius 2 is 2.25 bits per heavy atom. The molecule has 0 spiro atoms. The topological polar surface area (TPSA) is 59.4 Å². The molecule has 1 amide bonds. The molecule has 0 saturated carbocycles. The van der Waals surface area contributed by atoms with Crippen LogP contribution in [0.3, 0.4) is 0 Å². The van der Waals surface area contributed by atoms with Crippen molar-refractivity contribution in [3.63, 3.8) is 0 Å². The number of rotatable bonds is 3. The van der Waals surface area contributed by atoms with Crippen molar-refractivity contribution in [2.24, 2.45) is 7.05 Å². The molecule has 6 nitrogen and oxygen atoms in total. The number of nitrogens with zero attached hydrogens (tertiary/aromatic N) is 3. The Balaban J connectivity index is 0.00000208. The van der Waals surface area contributed by atoms with E-state index in [0.717, 1.165) is 16.8 Å². The number of ether oxygens (including phenoxy) is 1. The molecule has 1 aromatic carbocycles. The fourth-order valence-corrected chi connectivity index (χ4v) is 3.38. The molecule has 1 aromatic heterocycles. The number of hydrogen-bond acceptors (Lipinski definition) is 4. The van der Waals surface area contributed by atoms with Crippen LogP contribution in [0.4, 0.5) is 0 Å². The fraction of sp³-hybridized carbons (Fsp3) is 0.375. The van der Waals surface area contributed by atoms with E-state index in [9.17, 15) is 4.79 Å². The first-order chi connectivity index (χ1) is 11.1. The number of carbonyl (C=O) groups excluding carboxylic acids is 1. The van der Waals surface area contributed by atoms with Gasteiger partial charge in [-0.15, -0.1) is 12.4 Å². The molecule has 24 heavy (non-hydrogen) atoms. The first-order valence-corrected chi connectivity index (χ1v) is 8.23. The van der Waals surface area contributed by atoms with Crippen LogP contribution in [0.25, 0.3) is 0 Å². The maximum atomic E-state index is 13.0. The number of piperazine rings is 1. The molecule has 0 radical (unpaired) electrons. The van der Waals surface area contributed by atoms with E-state index in [0.29, 0.717) is 24.4 Å². The highest BCUT2D eigenvalue weighted by atomic mass is 79.9. The quantitative estimate of drug-likeness (QED) is 0.836. The Morgan fingerprint density at radius 1 is 1.46 bits per heavy atom. The molecule has 2 heterocycles. The predicted molar refractivity (Wildman–Crippen MR) is 97.8 cm³/mol. The summed E-state index contributed by atoms with van der Waals surface area (Å²) >= 11 is 3.44. The number of imidazole rings is 1. The molecule has 1 atom stereocenters. The lowest BCUT2D eigenvalue weighted by atomic mass is 10.1. The van der Waals surface area contributed by atoms with Gasteiger partial charge in [0.25, 0.3) is 5.91 Å². The van der Waals surface area contributed by atoms with Gasteiger partial charge in [0.05, 0.1) is 11.6 Å². The standard InChI is InChI=1S/C16H19BrN4O2.ClH/c1-20-7-6-19-15(20)13-10-18-5-8-21(13)16(22)11-3-4-14(23-2)12(17)9-11;/h3-4,6-7,9,13,18H,5,8,10H2,1-2H3;1H. The van der Waals surface area contributed by atoms with Crippen molar-refractivity contribution in [2.45, 2.75) is 6.04 Å². The van der Waals surface area contributed by atoms with Gasteiger partial charge in [-0.1, -0.05) is 0 Å². The average Bonchev–Trinajstić information content (AvgIpc) is 3.00. The normalized spacial score (nSPS) is 17.3. The van der Waals surface area contributed by atoms with E-state index in [1.165, 1.54) is 0 Å². The van der Waals surface area contributed by atoms with Crippen LogP contribution in [-0.2, 0) is 7.05 Å². The van der Waals surface area contributed by atoms with Crippen LogP contribution in [0.15, 0.2) is 35.1 Å². The minimum atomic E-state index is -0.0721. The van der Waals surface area contributed by atoms with Crippen LogP contribution in [0.2, 0.25) is 0 Å². The van der Waals surface area contributed by atoms with Crippen LogP contribution >= 0.6 is 28.3 Å². The van der Waals surface area contributed by atoms with Crippen molar-refractivity contribution >= 4 is 34.2 Å². The van der Waals surface area contributed by atoms with Gasteiger partial charge in [-0.2, -0.15) is 0 Å². The number of carbonyl (C=O) groups is 1. The SMILES string of the molecule is COc1ccc(C(=O)N2CCNCC2c2nccn2C)cc1Br.Cl. The van der Waals surface area contributed by atoms with Crippen LogP contribution in [-0.4, -0.2) is 47.1 Å². The maximum absolute atomic E-state index is 13.0. The third-order valence-corrected chi connectivity index (χ3v) is 4.68. The molecule has 1 aliphatic heterocycles. The lowest BCUT2D eigenvalue weighted by molar-refractivity contribution is 0.0621. The smallest absolute Gasteiger partial charge is 0.254 e. The maximum Gasteiger partial charge on any atom is 0.254 e. The summed E-state index contributed by atoms with van der Waals surface area (Å²) in [4.78, 5) is 19.3. The molecule has 1 saturated heterocycles. The van der Waals surface area contributed by atoms with Gasteiger partial charge in [0, 0.05) is 44.6 Å². The van der Waals surface area contributed by atoms with Gasteiger partial charge in [-0.3, -0.25) is 4.79 Å². The summed E-state index contributed by atoms with van der Waals surface area (Å²) in [6, 6.07) is 5.33. The molecular formula is C16H20BrClN4O2. The average molecular weight is 416 g/mol. The van der Waals surface area contributed by atoms with Gasteiger partial charge in [0.1, 0.15) is 17.6 Å². The van der Waals surface area contributed by atoms with E-state index in [1.807, 2.05) is 22.7 Å². The summed E-state index contributed by atoms with van der Waals surface area (Å²) in [5.41, 5.74) is 0.638. The Kier molecular flexibility index (Phi) is 6.26. The number of hydrogen-bond donors (Lipinski definition) is 1. The van der Waals surface area contributed by atoms with Crippen LogP contribution in [0.1, 0.15) is 22.2 Å². The zero-order valence-corrected chi connectivity index (χ0v) is 15.9. The van der Waals surface area contributed by atoms with Crippen molar-refractivity contribution in [3.05, 3.63) is 46.5 Å². The van der Waals surface area contributed by atoms with Gasteiger partial charge in [0.15, 0.2) is 0 Å². The van der Waals surface area contributed by atoms with Crippen LogP contribution < -0.4 is 10.1 Å². The van der Waals surface area contributed by atoms with Crippen LogP contribution in [0, 0.1) is 0 Å². The number of nitrogens with one attached hydrogen (secondary N) is 1. The first kappa shape index (κ1) is 18.8. The minimum Gasteiger partial charge on any atom is -0.496 e. The monoisotopic (exact) mass is 414 g/mol. The van der Waals surface area contributed by atoms with Crippen molar-refractivity contribution in [2.75, 3.05) is 26.7 Å². The molecule has 1 unspecified atom stereocenters. The number of amides is 1. The van der Waals surface area contributed by atoms with Gasteiger partial charge in [-0.25, -0.2) is 4.98 Å². The van der Waals surface area contributed by atoms with E-state index < -0.39 is 0 Å². The number of aromatic nitrogens is 2. The molecule has 1 fully saturated rings. The molecule has 0 aliphatic carbocycles. The second-order valence-electron chi connectivity index (χ2n) is 5.46. The molecule has 2 aromatic rings. The number of halogens is 2. The lowest BCUT2D eigenvalue weighted by Crippen LogP contribution is -2.49. The number of benzene rings is 1. The fourth-order valence-electron chi connectivity index (χ4n) is 2.84.